The van der Waals surface area contributed by atoms with Gasteiger partial charge in [0.2, 0.25) is 0 Å². The van der Waals surface area contributed by atoms with E-state index in [1.807, 2.05) is 18.7 Å². The van der Waals surface area contributed by atoms with Gasteiger partial charge in [-0.25, -0.2) is 4.79 Å². The molecule has 132 valence electrons. The maximum absolute atomic E-state index is 12.3. The van der Waals surface area contributed by atoms with Crippen molar-refractivity contribution in [1.82, 2.24) is 10.2 Å². The zero-order valence-corrected chi connectivity index (χ0v) is 14.5. The summed E-state index contributed by atoms with van der Waals surface area (Å²) in [5.41, 5.74) is 2.32. The number of carbonyl (C=O) groups is 1. The number of hydrogen-bond acceptors (Lipinski definition) is 4. The number of anilines is 1. The summed E-state index contributed by atoms with van der Waals surface area (Å²) in [4.78, 5) is 16.5. The summed E-state index contributed by atoms with van der Waals surface area (Å²) in [5.74, 6) is 0. The van der Waals surface area contributed by atoms with Crippen LogP contribution in [0.5, 0.6) is 0 Å². The van der Waals surface area contributed by atoms with Crippen LogP contribution in [-0.4, -0.2) is 62.5 Å². The Balaban J connectivity index is 1.50. The van der Waals surface area contributed by atoms with E-state index >= 15 is 0 Å². The highest BCUT2D eigenvalue weighted by molar-refractivity contribution is 5.74. The van der Waals surface area contributed by atoms with Crippen LogP contribution in [0.1, 0.15) is 19.4 Å². The summed E-state index contributed by atoms with van der Waals surface area (Å²) < 4.78 is 11.0. The first kappa shape index (κ1) is 17.0. The number of ether oxygens (including phenoxy) is 2. The Hall–Kier alpha value is -1.79. The van der Waals surface area contributed by atoms with E-state index in [1.54, 1.807) is 0 Å². The molecule has 0 saturated carbocycles. The van der Waals surface area contributed by atoms with Gasteiger partial charge in [-0.3, -0.25) is 0 Å². The van der Waals surface area contributed by atoms with Crippen molar-refractivity contribution in [3.05, 3.63) is 29.8 Å². The van der Waals surface area contributed by atoms with Crippen molar-refractivity contribution >= 4 is 11.7 Å². The minimum Gasteiger partial charge on any atom is -0.378 e. The lowest BCUT2D eigenvalue weighted by molar-refractivity contribution is -0.0545. The molecular weight excluding hydrogens is 306 g/mol. The largest absolute Gasteiger partial charge is 0.378 e. The minimum absolute atomic E-state index is 0.0192. The van der Waals surface area contributed by atoms with Crippen LogP contribution in [0.15, 0.2) is 24.3 Å². The molecule has 6 nitrogen and oxygen atoms in total. The van der Waals surface area contributed by atoms with E-state index in [9.17, 15) is 4.79 Å². The molecule has 0 aromatic heterocycles. The molecule has 2 saturated heterocycles. The normalized spacial score (nSPS) is 24.8. The number of carbonyl (C=O) groups excluding carboxylic acids is 1. The summed E-state index contributed by atoms with van der Waals surface area (Å²) in [6.45, 7) is 9.27. The molecule has 0 spiro atoms. The van der Waals surface area contributed by atoms with E-state index in [2.05, 4.69) is 34.5 Å². The molecule has 2 amide bonds. The SMILES string of the molecule is CC1CN(C(=O)NCc2ccc(N3CCOCC3)cc2)CC(C)O1. The molecule has 24 heavy (non-hydrogen) atoms. The average Bonchev–Trinajstić information content (AvgIpc) is 2.60. The lowest BCUT2D eigenvalue weighted by Crippen LogP contribution is -2.51. The number of amides is 2. The Morgan fingerprint density at radius 2 is 1.75 bits per heavy atom. The zero-order valence-electron chi connectivity index (χ0n) is 14.5. The summed E-state index contributed by atoms with van der Waals surface area (Å²) in [5, 5.41) is 3.01. The van der Waals surface area contributed by atoms with Crippen molar-refractivity contribution in [2.24, 2.45) is 0 Å². The molecule has 0 bridgehead atoms. The fourth-order valence-corrected chi connectivity index (χ4v) is 3.28. The Morgan fingerprint density at radius 3 is 2.38 bits per heavy atom. The number of morpholine rings is 2. The van der Waals surface area contributed by atoms with Gasteiger partial charge in [-0.05, 0) is 31.5 Å². The third-order valence-corrected chi connectivity index (χ3v) is 4.46. The smallest absolute Gasteiger partial charge is 0.317 e. The standard InChI is InChI=1S/C18H27N3O3/c1-14-12-21(13-15(2)24-14)18(22)19-11-16-3-5-17(6-4-16)20-7-9-23-10-8-20/h3-6,14-15H,7-13H2,1-2H3,(H,19,22). The first-order valence-electron chi connectivity index (χ1n) is 8.71. The Kier molecular flexibility index (Phi) is 5.58. The van der Waals surface area contributed by atoms with Gasteiger partial charge in [0.15, 0.2) is 0 Å². The lowest BCUT2D eigenvalue weighted by Gasteiger charge is -2.35. The van der Waals surface area contributed by atoms with Crippen LogP contribution in [0, 0.1) is 0 Å². The van der Waals surface area contributed by atoms with Gasteiger partial charge in [0.25, 0.3) is 0 Å². The van der Waals surface area contributed by atoms with Crippen LogP contribution in [0.25, 0.3) is 0 Å². The third kappa shape index (κ3) is 4.39. The van der Waals surface area contributed by atoms with Crippen LogP contribution in [0.4, 0.5) is 10.5 Å². The fourth-order valence-electron chi connectivity index (χ4n) is 3.28. The Bertz CT molecular complexity index is 533. The van der Waals surface area contributed by atoms with Gasteiger partial charge >= 0.3 is 6.03 Å². The highest BCUT2D eigenvalue weighted by Crippen LogP contribution is 2.17. The van der Waals surface area contributed by atoms with E-state index in [1.165, 1.54) is 5.69 Å². The summed E-state index contributed by atoms with van der Waals surface area (Å²) in [6.07, 6.45) is 0.180. The molecule has 1 aromatic rings. The van der Waals surface area contributed by atoms with E-state index in [0.717, 1.165) is 31.9 Å². The minimum atomic E-state index is -0.0192. The van der Waals surface area contributed by atoms with Crippen molar-refractivity contribution in [2.45, 2.75) is 32.6 Å². The number of hydrogen-bond donors (Lipinski definition) is 1. The van der Waals surface area contributed by atoms with Crippen LogP contribution in [-0.2, 0) is 16.0 Å². The zero-order chi connectivity index (χ0) is 16.9. The number of benzene rings is 1. The van der Waals surface area contributed by atoms with Crippen molar-refractivity contribution in [3.63, 3.8) is 0 Å². The predicted molar refractivity (Wildman–Crippen MR) is 93.3 cm³/mol. The molecule has 2 aliphatic heterocycles. The average molecular weight is 333 g/mol. The summed E-state index contributed by atoms with van der Waals surface area (Å²) in [6, 6.07) is 8.37. The third-order valence-electron chi connectivity index (χ3n) is 4.46. The van der Waals surface area contributed by atoms with Crippen LogP contribution >= 0.6 is 0 Å². The molecule has 0 aliphatic carbocycles. The van der Waals surface area contributed by atoms with E-state index in [0.29, 0.717) is 19.6 Å². The maximum Gasteiger partial charge on any atom is 0.317 e. The van der Waals surface area contributed by atoms with Crippen LogP contribution in [0.2, 0.25) is 0 Å². The quantitative estimate of drug-likeness (QED) is 0.917. The molecule has 2 heterocycles. The van der Waals surface area contributed by atoms with Gasteiger partial charge in [-0.2, -0.15) is 0 Å². The van der Waals surface area contributed by atoms with Crippen LogP contribution in [0.3, 0.4) is 0 Å². The molecule has 2 aliphatic rings. The van der Waals surface area contributed by atoms with Crippen molar-refractivity contribution in [1.29, 1.82) is 0 Å². The number of nitrogens with one attached hydrogen (secondary N) is 1. The summed E-state index contributed by atoms with van der Waals surface area (Å²) >= 11 is 0. The maximum atomic E-state index is 12.3. The topological polar surface area (TPSA) is 54.0 Å². The number of urea groups is 1. The Morgan fingerprint density at radius 1 is 1.12 bits per heavy atom. The van der Waals surface area contributed by atoms with Gasteiger partial charge in [-0.1, -0.05) is 12.1 Å². The highest BCUT2D eigenvalue weighted by Gasteiger charge is 2.25. The van der Waals surface area contributed by atoms with Crippen LogP contribution < -0.4 is 10.2 Å². The van der Waals surface area contributed by atoms with Gasteiger partial charge in [0, 0.05) is 38.4 Å². The molecular formula is C18H27N3O3. The van der Waals surface area contributed by atoms with E-state index in [4.69, 9.17) is 9.47 Å². The molecule has 2 fully saturated rings. The predicted octanol–water partition coefficient (Wildman–Crippen LogP) is 1.84. The van der Waals surface area contributed by atoms with E-state index < -0.39 is 0 Å². The molecule has 3 rings (SSSR count). The highest BCUT2D eigenvalue weighted by atomic mass is 16.5. The Labute approximate surface area is 143 Å². The van der Waals surface area contributed by atoms with E-state index in [-0.39, 0.29) is 18.2 Å². The second-order valence-electron chi connectivity index (χ2n) is 6.59. The molecule has 6 heteroatoms. The molecule has 2 unspecified atom stereocenters. The fraction of sp³-hybridized carbons (Fsp3) is 0.611. The second-order valence-corrected chi connectivity index (χ2v) is 6.59. The molecule has 1 aromatic carbocycles. The monoisotopic (exact) mass is 333 g/mol. The van der Waals surface area contributed by atoms with Gasteiger partial charge < -0.3 is 24.6 Å². The first-order valence-corrected chi connectivity index (χ1v) is 8.71. The van der Waals surface area contributed by atoms with Gasteiger partial charge in [0.05, 0.1) is 25.4 Å². The van der Waals surface area contributed by atoms with Gasteiger partial charge in [0.1, 0.15) is 0 Å². The second kappa shape index (κ2) is 7.85. The molecule has 0 radical (unpaired) electrons. The van der Waals surface area contributed by atoms with Crippen molar-refractivity contribution < 1.29 is 14.3 Å². The summed E-state index contributed by atoms with van der Waals surface area (Å²) in [7, 11) is 0. The molecule has 2 atom stereocenters. The number of nitrogens with zero attached hydrogens (tertiary/aromatic N) is 2. The van der Waals surface area contributed by atoms with Crippen molar-refractivity contribution in [2.75, 3.05) is 44.3 Å². The molecule has 1 N–H and O–H groups in total. The number of rotatable bonds is 3. The van der Waals surface area contributed by atoms with Crippen molar-refractivity contribution in [3.8, 4) is 0 Å². The first-order chi connectivity index (χ1) is 11.6. The lowest BCUT2D eigenvalue weighted by atomic mass is 10.2. The van der Waals surface area contributed by atoms with Gasteiger partial charge in [-0.15, -0.1) is 0 Å².